The molecule has 1 atom stereocenters. The van der Waals surface area contributed by atoms with Gasteiger partial charge in [0.05, 0.1) is 30.9 Å². The number of rotatable bonds is 8. The summed E-state index contributed by atoms with van der Waals surface area (Å²) >= 11 is 0. The van der Waals surface area contributed by atoms with Gasteiger partial charge in [0.15, 0.2) is 0 Å². The molecule has 0 saturated carbocycles. The molecule has 0 fully saturated rings. The maximum atomic E-state index is 11.3. The zero-order valence-corrected chi connectivity index (χ0v) is 16.3. The van der Waals surface area contributed by atoms with Crippen molar-refractivity contribution in [2.24, 2.45) is 7.05 Å². The molecular weight excluding hydrogens is 368 g/mol. The number of benzene rings is 2. The molecule has 0 amide bonds. The normalized spacial score (nSPS) is 11.6. The minimum Gasteiger partial charge on any atom is -0.481 e. The van der Waals surface area contributed by atoms with Crippen molar-refractivity contribution in [1.29, 1.82) is 5.26 Å². The van der Waals surface area contributed by atoms with Gasteiger partial charge in [0.25, 0.3) is 0 Å². The number of hydrogen-bond donors (Lipinski definition) is 2. The van der Waals surface area contributed by atoms with Crippen LogP contribution in [0.2, 0.25) is 0 Å². The average molecular weight is 390 g/mol. The van der Waals surface area contributed by atoms with Crippen LogP contribution in [0.15, 0.2) is 54.9 Å². The summed E-state index contributed by atoms with van der Waals surface area (Å²) in [5, 5.41) is 25.9. The minimum atomic E-state index is -0.870. The summed E-state index contributed by atoms with van der Waals surface area (Å²) in [5.74, 6) is -1.13. The van der Waals surface area contributed by atoms with E-state index < -0.39 is 5.97 Å². The second-order valence-corrected chi connectivity index (χ2v) is 6.77. The fraction of sp³-hybridized carbons (Fsp3) is 0.227. The number of carbonyl (C=O) groups is 1. The van der Waals surface area contributed by atoms with Crippen LogP contribution < -0.4 is 5.32 Å². The Morgan fingerprint density at radius 3 is 2.66 bits per heavy atom. The molecule has 1 aromatic heterocycles. The van der Waals surface area contributed by atoms with Crippen molar-refractivity contribution in [2.45, 2.75) is 12.3 Å². The molecule has 0 bridgehead atoms. The number of methoxy groups -OCH3 is 1. The number of nitriles is 1. The fourth-order valence-corrected chi connectivity index (χ4v) is 3.20. The van der Waals surface area contributed by atoms with Gasteiger partial charge in [0.2, 0.25) is 0 Å². The summed E-state index contributed by atoms with van der Waals surface area (Å²) in [7, 11) is 3.42. The van der Waals surface area contributed by atoms with Gasteiger partial charge in [-0.05, 0) is 35.9 Å². The van der Waals surface area contributed by atoms with E-state index in [9.17, 15) is 9.90 Å². The van der Waals surface area contributed by atoms with Crippen molar-refractivity contribution in [3.63, 3.8) is 0 Å². The molecular formula is C22H22N4O3. The largest absolute Gasteiger partial charge is 0.481 e. The molecule has 0 spiro atoms. The molecule has 0 aliphatic heterocycles. The van der Waals surface area contributed by atoms with Gasteiger partial charge < -0.3 is 15.2 Å². The Kier molecular flexibility index (Phi) is 6.27. The van der Waals surface area contributed by atoms with E-state index in [2.05, 4.69) is 16.5 Å². The first-order valence-electron chi connectivity index (χ1n) is 9.11. The highest BCUT2D eigenvalue weighted by Gasteiger charge is 2.18. The van der Waals surface area contributed by atoms with Crippen molar-refractivity contribution in [1.82, 2.24) is 9.78 Å². The Bertz CT molecular complexity index is 1030. The zero-order chi connectivity index (χ0) is 20.8. The van der Waals surface area contributed by atoms with Crippen LogP contribution in [0.3, 0.4) is 0 Å². The van der Waals surface area contributed by atoms with Crippen LogP contribution in [0.5, 0.6) is 0 Å². The summed E-state index contributed by atoms with van der Waals surface area (Å²) < 4.78 is 6.96. The SMILES string of the molecule is COC[C@H](CC(=O)O)c1ccc(-c2cnn(C)c2)c(Nc2ccc(C#N)cc2)c1. The van der Waals surface area contributed by atoms with Gasteiger partial charge in [0, 0.05) is 48.8 Å². The number of nitrogens with zero attached hydrogens (tertiary/aromatic N) is 3. The van der Waals surface area contributed by atoms with Gasteiger partial charge in [-0.15, -0.1) is 0 Å². The number of carboxylic acids is 1. The van der Waals surface area contributed by atoms with Gasteiger partial charge in [0.1, 0.15) is 0 Å². The van der Waals surface area contributed by atoms with Crippen molar-refractivity contribution >= 4 is 17.3 Å². The smallest absolute Gasteiger partial charge is 0.304 e. The summed E-state index contributed by atoms with van der Waals surface area (Å²) in [4.78, 5) is 11.3. The summed E-state index contributed by atoms with van der Waals surface area (Å²) in [6, 6.07) is 15.1. The van der Waals surface area contributed by atoms with E-state index in [0.29, 0.717) is 12.2 Å². The van der Waals surface area contributed by atoms with Gasteiger partial charge in [-0.2, -0.15) is 10.4 Å². The second kappa shape index (κ2) is 9.04. The van der Waals surface area contributed by atoms with Crippen molar-refractivity contribution < 1.29 is 14.6 Å². The van der Waals surface area contributed by atoms with Gasteiger partial charge in [-0.3, -0.25) is 9.48 Å². The third kappa shape index (κ3) is 5.00. The van der Waals surface area contributed by atoms with E-state index in [1.807, 2.05) is 43.6 Å². The van der Waals surface area contributed by atoms with E-state index in [4.69, 9.17) is 10.00 Å². The molecule has 7 heteroatoms. The number of hydrogen-bond acceptors (Lipinski definition) is 5. The maximum absolute atomic E-state index is 11.3. The Morgan fingerprint density at radius 2 is 2.07 bits per heavy atom. The molecule has 0 unspecified atom stereocenters. The van der Waals surface area contributed by atoms with Crippen molar-refractivity contribution in [3.8, 4) is 17.2 Å². The summed E-state index contributed by atoms with van der Waals surface area (Å²) in [6.45, 7) is 0.314. The topological polar surface area (TPSA) is 100 Å². The van der Waals surface area contributed by atoms with Crippen LogP contribution in [-0.2, 0) is 16.6 Å². The predicted octanol–water partition coefficient (Wildman–Crippen LogP) is 3.91. The summed E-state index contributed by atoms with van der Waals surface area (Å²) in [6.07, 6.45) is 3.68. The van der Waals surface area contributed by atoms with E-state index >= 15 is 0 Å². The third-order valence-electron chi connectivity index (χ3n) is 4.61. The Hall–Kier alpha value is -3.63. The lowest BCUT2D eigenvalue weighted by atomic mass is 9.93. The Morgan fingerprint density at radius 1 is 1.31 bits per heavy atom. The number of anilines is 2. The Balaban J connectivity index is 2.02. The van der Waals surface area contributed by atoms with E-state index in [1.165, 1.54) is 0 Å². The fourth-order valence-electron chi connectivity index (χ4n) is 3.20. The molecule has 0 aliphatic rings. The van der Waals surface area contributed by atoms with Crippen LogP contribution in [-0.4, -0.2) is 34.6 Å². The van der Waals surface area contributed by atoms with Crippen LogP contribution >= 0.6 is 0 Å². The molecule has 148 valence electrons. The molecule has 3 rings (SSSR count). The van der Waals surface area contributed by atoms with Crippen molar-refractivity contribution in [3.05, 3.63) is 66.0 Å². The lowest BCUT2D eigenvalue weighted by Crippen LogP contribution is -2.12. The molecule has 2 aromatic carbocycles. The lowest BCUT2D eigenvalue weighted by molar-refractivity contribution is -0.137. The van der Waals surface area contributed by atoms with E-state index in [0.717, 1.165) is 28.1 Å². The molecule has 0 radical (unpaired) electrons. The number of nitrogens with one attached hydrogen (secondary N) is 1. The quantitative estimate of drug-likeness (QED) is 0.605. The minimum absolute atomic E-state index is 0.0175. The van der Waals surface area contributed by atoms with E-state index in [1.54, 1.807) is 30.1 Å². The first-order valence-corrected chi connectivity index (χ1v) is 9.11. The standard InChI is InChI=1S/C22H22N4O3/c1-26-13-18(12-24-26)20-8-5-16(17(14-29-2)10-22(27)28)9-21(20)25-19-6-3-15(11-23)4-7-19/h3-9,12-13,17,25H,10,14H2,1-2H3,(H,27,28)/t17-/m0/s1. The maximum Gasteiger partial charge on any atom is 0.304 e. The number of aliphatic carboxylic acids is 1. The third-order valence-corrected chi connectivity index (χ3v) is 4.61. The van der Waals surface area contributed by atoms with Crippen LogP contribution in [0.4, 0.5) is 11.4 Å². The first-order chi connectivity index (χ1) is 14.0. The number of aromatic nitrogens is 2. The molecule has 3 aromatic rings. The lowest BCUT2D eigenvalue weighted by Gasteiger charge is -2.18. The predicted molar refractivity (Wildman–Crippen MR) is 110 cm³/mol. The monoisotopic (exact) mass is 390 g/mol. The van der Waals surface area contributed by atoms with Gasteiger partial charge in [-0.1, -0.05) is 12.1 Å². The van der Waals surface area contributed by atoms with Gasteiger partial charge >= 0.3 is 5.97 Å². The highest BCUT2D eigenvalue weighted by molar-refractivity contribution is 5.81. The molecule has 0 saturated heterocycles. The number of ether oxygens (including phenoxy) is 1. The molecule has 2 N–H and O–H groups in total. The first kappa shape index (κ1) is 20.1. The van der Waals surface area contributed by atoms with Gasteiger partial charge in [-0.25, -0.2) is 0 Å². The second-order valence-electron chi connectivity index (χ2n) is 6.77. The highest BCUT2D eigenvalue weighted by Crippen LogP contribution is 2.34. The molecule has 1 heterocycles. The van der Waals surface area contributed by atoms with Crippen LogP contribution in [0.1, 0.15) is 23.5 Å². The van der Waals surface area contributed by atoms with Crippen molar-refractivity contribution in [2.75, 3.05) is 19.0 Å². The zero-order valence-electron chi connectivity index (χ0n) is 16.3. The number of aryl methyl sites for hydroxylation is 1. The van der Waals surface area contributed by atoms with Crippen LogP contribution in [0.25, 0.3) is 11.1 Å². The molecule has 7 nitrogen and oxygen atoms in total. The molecule has 0 aliphatic carbocycles. The Labute approximate surface area is 169 Å². The average Bonchev–Trinajstić information content (AvgIpc) is 3.14. The van der Waals surface area contributed by atoms with E-state index in [-0.39, 0.29) is 12.3 Å². The molecule has 29 heavy (non-hydrogen) atoms. The highest BCUT2D eigenvalue weighted by atomic mass is 16.5. The number of carboxylic acid groups (broad SMARTS) is 1. The summed E-state index contributed by atoms with van der Waals surface area (Å²) in [5.41, 5.74) is 4.99. The van der Waals surface area contributed by atoms with Crippen LogP contribution in [0, 0.1) is 11.3 Å².